The van der Waals surface area contributed by atoms with E-state index >= 15 is 0 Å². The highest BCUT2D eigenvalue weighted by Crippen LogP contribution is 2.03. The predicted molar refractivity (Wildman–Crippen MR) is 65.7 cm³/mol. The molecule has 0 spiro atoms. The maximum absolute atomic E-state index is 10.0. The van der Waals surface area contributed by atoms with Gasteiger partial charge in [0.25, 0.3) is 0 Å². The molecule has 1 aromatic heterocycles. The van der Waals surface area contributed by atoms with Gasteiger partial charge in [0.1, 0.15) is 17.3 Å². The molecule has 17 heavy (non-hydrogen) atoms. The number of carbonyl (C=O) groups excluding carboxylic acids is 1. The SMILES string of the molecule is O=Cc1ccccc1.c1ccc2n[nH]nc2c1. The van der Waals surface area contributed by atoms with E-state index in [2.05, 4.69) is 15.4 Å². The van der Waals surface area contributed by atoms with Crippen LogP contribution in [0.25, 0.3) is 11.0 Å². The number of aldehydes is 1. The van der Waals surface area contributed by atoms with Crippen LogP contribution in [0.1, 0.15) is 10.4 Å². The van der Waals surface area contributed by atoms with E-state index in [4.69, 9.17) is 0 Å². The average Bonchev–Trinajstić information content (AvgIpc) is 2.89. The van der Waals surface area contributed by atoms with E-state index < -0.39 is 0 Å². The van der Waals surface area contributed by atoms with Crippen molar-refractivity contribution in [1.82, 2.24) is 15.4 Å². The molecule has 0 aliphatic rings. The number of rotatable bonds is 1. The number of nitrogens with zero attached hydrogens (tertiary/aromatic N) is 2. The predicted octanol–water partition coefficient (Wildman–Crippen LogP) is 2.46. The van der Waals surface area contributed by atoms with Crippen LogP contribution in [-0.2, 0) is 0 Å². The minimum Gasteiger partial charge on any atom is -0.298 e. The highest BCUT2D eigenvalue weighted by molar-refractivity contribution is 5.74. The second-order valence-electron chi connectivity index (χ2n) is 3.34. The molecule has 3 aromatic rings. The standard InChI is InChI=1S/C7H6O.C6H5N3/c8-6-7-4-2-1-3-5-7;1-2-4-6-5(3-1)7-9-8-6/h1-6H;1-4H,(H,7,8,9). The summed E-state index contributed by atoms with van der Waals surface area (Å²) in [6, 6.07) is 16.8. The largest absolute Gasteiger partial charge is 0.298 e. The third-order valence-electron chi connectivity index (χ3n) is 2.16. The first kappa shape index (κ1) is 11.0. The minimum absolute atomic E-state index is 0.729. The monoisotopic (exact) mass is 225 g/mol. The van der Waals surface area contributed by atoms with Gasteiger partial charge in [0.2, 0.25) is 0 Å². The summed E-state index contributed by atoms with van der Waals surface area (Å²) < 4.78 is 0. The van der Waals surface area contributed by atoms with Gasteiger partial charge in [-0.3, -0.25) is 4.79 Å². The summed E-state index contributed by atoms with van der Waals surface area (Å²) in [7, 11) is 0. The molecule has 0 atom stereocenters. The molecule has 0 fully saturated rings. The fourth-order valence-corrected chi connectivity index (χ4v) is 1.32. The van der Waals surface area contributed by atoms with Gasteiger partial charge in [-0.25, -0.2) is 0 Å². The lowest BCUT2D eigenvalue weighted by Gasteiger charge is -1.81. The van der Waals surface area contributed by atoms with E-state index in [1.165, 1.54) is 0 Å². The van der Waals surface area contributed by atoms with Gasteiger partial charge in [-0.1, -0.05) is 42.5 Å². The lowest BCUT2D eigenvalue weighted by atomic mass is 10.2. The summed E-state index contributed by atoms with van der Waals surface area (Å²) in [5, 5.41) is 10.3. The highest BCUT2D eigenvalue weighted by Gasteiger charge is 1.90. The molecule has 1 heterocycles. The van der Waals surface area contributed by atoms with Crippen LogP contribution in [0.4, 0.5) is 0 Å². The molecule has 4 nitrogen and oxygen atoms in total. The number of hydrogen-bond acceptors (Lipinski definition) is 3. The Hall–Kier alpha value is -2.49. The molecule has 0 bridgehead atoms. The first-order valence-electron chi connectivity index (χ1n) is 5.16. The zero-order valence-electron chi connectivity index (χ0n) is 9.08. The first-order valence-corrected chi connectivity index (χ1v) is 5.16. The Labute approximate surface area is 98.3 Å². The Balaban J connectivity index is 0.000000128. The number of fused-ring (bicyclic) bond motifs is 1. The van der Waals surface area contributed by atoms with Crippen molar-refractivity contribution in [1.29, 1.82) is 0 Å². The summed E-state index contributed by atoms with van der Waals surface area (Å²) in [6.45, 7) is 0. The summed E-state index contributed by atoms with van der Waals surface area (Å²) >= 11 is 0. The smallest absolute Gasteiger partial charge is 0.150 e. The number of aromatic nitrogens is 3. The third-order valence-corrected chi connectivity index (χ3v) is 2.16. The number of nitrogens with one attached hydrogen (secondary N) is 1. The maximum Gasteiger partial charge on any atom is 0.150 e. The molecule has 0 aliphatic heterocycles. The molecule has 4 heteroatoms. The summed E-state index contributed by atoms with van der Waals surface area (Å²) in [4.78, 5) is 10.0. The van der Waals surface area contributed by atoms with Gasteiger partial charge in [0.05, 0.1) is 0 Å². The number of aromatic amines is 1. The summed E-state index contributed by atoms with van der Waals surface area (Å²) in [5.41, 5.74) is 2.56. The molecular formula is C13H11N3O. The van der Waals surface area contributed by atoms with Crippen molar-refractivity contribution in [3.05, 3.63) is 60.2 Å². The van der Waals surface area contributed by atoms with Crippen molar-refractivity contribution >= 4 is 17.3 Å². The molecule has 0 saturated carbocycles. The third kappa shape index (κ3) is 2.98. The van der Waals surface area contributed by atoms with Crippen LogP contribution in [0.5, 0.6) is 0 Å². The van der Waals surface area contributed by atoms with Gasteiger partial charge in [-0.15, -0.1) is 0 Å². The molecule has 0 radical (unpaired) electrons. The van der Waals surface area contributed by atoms with E-state index in [0.29, 0.717) is 0 Å². The van der Waals surface area contributed by atoms with Crippen molar-refractivity contribution in [2.45, 2.75) is 0 Å². The Morgan fingerprint density at radius 3 is 1.82 bits per heavy atom. The van der Waals surface area contributed by atoms with Crippen molar-refractivity contribution in [2.75, 3.05) is 0 Å². The van der Waals surface area contributed by atoms with Crippen LogP contribution >= 0.6 is 0 Å². The van der Waals surface area contributed by atoms with Crippen LogP contribution in [-0.4, -0.2) is 21.7 Å². The van der Waals surface area contributed by atoms with Crippen molar-refractivity contribution in [3.8, 4) is 0 Å². The molecule has 0 aliphatic carbocycles. The van der Waals surface area contributed by atoms with E-state index in [9.17, 15) is 4.79 Å². The topological polar surface area (TPSA) is 58.6 Å². The van der Waals surface area contributed by atoms with Gasteiger partial charge in [0.15, 0.2) is 0 Å². The molecule has 0 unspecified atom stereocenters. The van der Waals surface area contributed by atoms with Gasteiger partial charge in [-0.2, -0.15) is 15.4 Å². The molecule has 0 saturated heterocycles. The minimum atomic E-state index is 0.729. The van der Waals surface area contributed by atoms with E-state index in [-0.39, 0.29) is 0 Å². The maximum atomic E-state index is 10.0. The van der Waals surface area contributed by atoms with E-state index in [1.807, 2.05) is 42.5 Å². The molecular weight excluding hydrogens is 214 g/mol. The number of benzene rings is 2. The van der Waals surface area contributed by atoms with Crippen LogP contribution < -0.4 is 0 Å². The normalized spacial score (nSPS) is 9.41. The first-order chi connectivity index (χ1) is 8.40. The Morgan fingerprint density at radius 2 is 1.35 bits per heavy atom. The average molecular weight is 225 g/mol. The van der Waals surface area contributed by atoms with Gasteiger partial charge >= 0.3 is 0 Å². The van der Waals surface area contributed by atoms with Crippen LogP contribution in [0.2, 0.25) is 0 Å². The van der Waals surface area contributed by atoms with Crippen LogP contribution in [0.15, 0.2) is 54.6 Å². The Kier molecular flexibility index (Phi) is 3.60. The fourth-order valence-electron chi connectivity index (χ4n) is 1.32. The van der Waals surface area contributed by atoms with Crippen molar-refractivity contribution < 1.29 is 4.79 Å². The lowest BCUT2D eigenvalue weighted by Crippen LogP contribution is -1.73. The second-order valence-corrected chi connectivity index (χ2v) is 3.34. The van der Waals surface area contributed by atoms with Crippen molar-refractivity contribution in [2.24, 2.45) is 0 Å². The van der Waals surface area contributed by atoms with E-state index in [1.54, 1.807) is 12.1 Å². The number of para-hydroxylation sites is 2. The van der Waals surface area contributed by atoms with Gasteiger partial charge in [-0.05, 0) is 12.1 Å². The molecule has 3 rings (SSSR count). The highest BCUT2D eigenvalue weighted by atomic mass is 16.1. The quantitative estimate of drug-likeness (QED) is 0.647. The van der Waals surface area contributed by atoms with Gasteiger partial charge in [0, 0.05) is 5.56 Å². The number of carbonyl (C=O) groups is 1. The Bertz CT molecular complexity index is 559. The van der Waals surface area contributed by atoms with Crippen LogP contribution in [0, 0.1) is 0 Å². The molecule has 2 aromatic carbocycles. The molecule has 1 N–H and O–H groups in total. The van der Waals surface area contributed by atoms with Crippen molar-refractivity contribution in [3.63, 3.8) is 0 Å². The van der Waals surface area contributed by atoms with Crippen LogP contribution in [0.3, 0.4) is 0 Å². The summed E-state index contributed by atoms with van der Waals surface area (Å²) in [6.07, 6.45) is 0.833. The zero-order valence-corrected chi connectivity index (χ0v) is 9.08. The van der Waals surface area contributed by atoms with E-state index in [0.717, 1.165) is 22.9 Å². The molecule has 0 amide bonds. The zero-order chi connectivity index (χ0) is 11.9. The second kappa shape index (κ2) is 5.55. The Morgan fingerprint density at radius 1 is 0.824 bits per heavy atom. The number of H-pyrrole nitrogens is 1. The number of hydrogen-bond donors (Lipinski definition) is 1. The summed E-state index contributed by atoms with van der Waals surface area (Å²) in [5.74, 6) is 0. The molecule has 84 valence electrons. The fraction of sp³-hybridized carbons (Fsp3) is 0. The lowest BCUT2D eigenvalue weighted by molar-refractivity contribution is 0.112. The van der Waals surface area contributed by atoms with Gasteiger partial charge < -0.3 is 0 Å².